The second-order valence-electron chi connectivity index (χ2n) is 7.03. The summed E-state index contributed by atoms with van der Waals surface area (Å²) in [5, 5.41) is 16.4. The summed E-state index contributed by atoms with van der Waals surface area (Å²) >= 11 is 0. The van der Waals surface area contributed by atoms with Gasteiger partial charge in [0.2, 0.25) is 5.91 Å². The monoisotopic (exact) mass is 395 g/mol. The highest BCUT2D eigenvalue weighted by atomic mass is 16.5. The standard InChI is InChI=1S/C22H25N3O4/c1-29-20-13-15(7-12-19(20)26)14-23-25-22(28)17-8-10-18(11-9-17)24-21(27)16-5-3-2-4-6-16/h7-14,16,26H,2-6H2,1H3,(H,24,27)(H,25,28)/b23-14+. The van der Waals surface area contributed by atoms with Crippen molar-refractivity contribution in [2.75, 3.05) is 12.4 Å². The molecule has 0 aliphatic heterocycles. The maximum absolute atomic E-state index is 12.3. The van der Waals surface area contributed by atoms with Crippen LogP contribution in [0.1, 0.15) is 48.0 Å². The second-order valence-corrected chi connectivity index (χ2v) is 7.03. The van der Waals surface area contributed by atoms with Crippen LogP contribution in [0.5, 0.6) is 11.5 Å². The molecule has 2 aromatic carbocycles. The first-order valence-electron chi connectivity index (χ1n) is 9.68. The minimum absolute atomic E-state index is 0.0318. The molecule has 0 spiro atoms. The lowest BCUT2D eigenvalue weighted by Gasteiger charge is -2.20. The van der Waals surface area contributed by atoms with Crippen LogP contribution in [0, 0.1) is 5.92 Å². The minimum atomic E-state index is -0.364. The fourth-order valence-corrected chi connectivity index (χ4v) is 3.32. The first-order chi connectivity index (χ1) is 14.1. The third kappa shape index (κ3) is 5.57. The molecule has 0 atom stereocenters. The molecule has 1 aliphatic rings. The molecule has 2 aromatic rings. The van der Waals surface area contributed by atoms with Gasteiger partial charge in [-0.25, -0.2) is 5.43 Å². The van der Waals surface area contributed by atoms with Gasteiger partial charge < -0.3 is 15.2 Å². The van der Waals surface area contributed by atoms with Crippen molar-refractivity contribution in [2.24, 2.45) is 11.0 Å². The van der Waals surface area contributed by atoms with Crippen molar-refractivity contribution in [3.63, 3.8) is 0 Å². The van der Waals surface area contributed by atoms with Crippen LogP contribution in [0.25, 0.3) is 0 Å². The topological polar surface area (TPSA) is 100 Å². The van der Waals surface area contributed by atoms with E-state index in [9.17, 15) is 14.7 Å². The fourth-order valence-electron chi connectivity index (χ4n) is 3.32. The van der Waals surface area contributed by atoms with E-state index < -0.39 is 0 Å². The van der Waals surface area contributed by atoms with Gasteiger partial charge >= 0.3 is 0 Å². The Balaban J connectivity index is 1.54. The van der Waals surface area contributed by atoms with Crippen molar-refractivity contribution < 1.29 is 19.4 Å². The number of rotatable bonds is 6. The summed E-state index contributed by atoms with van der Waals surface area (Å²) in [6.45, 7) is 0. The molecule has 29 heavy (non-hydrogen) atoms. The quantitative estimate of drug-likeness (QED) is 0.513. The van der Waals surface area contributed by atoms with Gasteiger partial charge in [-0.3, -0.25) is 9.59 Å². The Kier molecular flexibility index (Phi) is 6.84. The Morgan fingerprint density at radius 2 is 1.83 bits per heavy atom. The summed E-state index contributed by atoms with van der Waals surface area (Å²) < 4.78 is 5.03. The largest absolute Gasteiger partial charge is 0.504 e. The van der Waals surface area contributed by atoms with Gasteiger partial charge in [-0.1, -0.05) is 19.3 Å². The fraction of sp³-hybridized carbons (Fsp3) is 0.318. The number of nitrogens with one attached hydrogen (secondary N) is 2. The molecule has 2 amide bonds. The van der Waals surface area contributed by atoms with Gasteiger partial charge in [-0.15, -0.1) is 0 Å². The summed E-state index contributed by atoms with van der Waals surface area (Å²) in [5.41, 5.74) is 4.23. The number of anilines is 1. The minimum Gasteiger partial charge on any atom is -0.504 e. The van der Waals surface area contributed by atoms with E-state index in [1.807, 2.05) is 0 Å². The number of carbonyl (C=O) groups is 2. The molecule has 0 aromatic heterocycles. The third-order valence-electron chi connectivity index (χ3n) is 4.97. The van der Waals surface area contributed by atoms with Crippen molar-refractivity contribution >= 4 is 23.7 Å². The molecule has 3 N–H and O–H groups in total. The van der Waals surface area contributed by atoms with Gasteiger partial charge in [0.15, 0.2) is 11.5 Å². The van der Waals surface area contributed by atoms with Gasteiger partial charge in [0, 0.05) is 17.2 Å². The van der Waals surface area contributed by atoms with E-state index in [0.29, 0.717) is 22.6 Å². The molecule has 1 fully saturated rings. The lowest BCUT2D eigenvalue weighted by Crippen LogP contribution is -2.24. The molecule has 3 rings (SSSR count). The zero-order chi connectivity index (χ0) is 20.6. The van der Waals surface area contributed by atoms with E-state index in [0.717, 1.165) is 25.7 Å². The van der Waals surface area contributed by atoms with Crippen LogP contribution in [0.4, 0.5) is 5.69 Å². The maximum atomic E-state index is 12.3. The first-order valence-corrected chi connectivity index (χ1v) is 9.68. The Bertz CT molecular complexity index is 887. The number of amides is 2. The molecule has 7 heteroatoms. The SMILES string of the molecule is COc1cc(/C=N/NC(=O)c2ccc(NC(=O)C3CCCCC3)cc2)ccc1O. The van der Waals surface area contributed by atoms with Gasteiger partial charge in [0.1, 0.15) is 0 Å². The Morgan fingerprint density at radius 3 is 2.52 bits per heavy atom. The van der Waals surface area contributed by atoms with Crippen LogP contribution in [0.3, 0.4) is 0 Å². The number of hydrogen-bond donors (Lipinski definition) is 3. The number of benzene rings is 2. The van der Waals surface area contributed by atoms with Crippen molar-refractivity contribution in [3.05, 3.63) is 53.6 Å². The summed E-state index contributed by atoms with van der Waals surface area (Å²) in [6, 6.07) is 11.5. The molecule has 1 saturated carbocycles. The van der Waals surface area contributed by atoms with Crippen molar-refractivity contribution in [1.29, 1.82) is 0 Å². The van der Waals surface area contributed by atoms with E-state index in [-0.39, 0.29) is 23.5 Å². The average Bonchev–Trinajstić information content (AvgIpc) is 2.76. The normalized spacial score (nSPS) is 14.5. The van der Waals surface area contributed by atoms with Gasteiger partial charge in [-0.2, -0.15) is 5.10 Å². The second kappa shape index (κ2) is 9.73. The Labute approximate surface area is 169 Å². The third-order valence-corrected chi connectivity index (χ3v) is 4.97. The van der Waals surface area contributed by atoms with Crippen molar-refractivity contribution in [2.45, 2.75) is 32.1 Å². The van der Waals surface area contributed by atoms with Crippen LogP contribution in [-0.4, -0.2) is 30.2 Å². The lowest BCUT2D eigenvalue weighted by atomic mass is 9.88. The van der Waals surface area contributed by atoms with Crippen LogP contribution in [0.2, 0.25) is 0 Å². The number of hydrogen-bond acceptors (Lipinski definition) is 5. The maximum Gasteiger partial charge on any atom is 0.271 e. The van der Waals surface area contributed by atoms with E-state index >= 15 is 0 Å². The van der Waals surface area contributed by atoms with Crippen LogP contribution in [-0.2, 0) is 4.79 Å². The molecule has 0 saturated heterocycles. The summed E-state index contributed by atoms with van der Waals surface area (Å²) in [5.74, 6) is 0.128. The van der Waals surface area contributed by atoms with Crippen molar-refractivity contribution in [3.8, 4) is 11.5 Å². The number of hydrazone groups is 1. The van der Waals surface area contributed by atoms with Crippen LogP contribution >= 0.6 is 0 Å². The Morgan fingerprint density at radius 1 is 1.10 bits per heavy atom. The number of carbonyl (C=O) groups excluding carboxylic acids is 2. The predicted molar refractivity (Wildman–Crippen MR) is 111 cm³/mol. The van der Waals surface area contributed by atoms with E-state index in [1.54, 1.807) is 36.4 Å². The number of nitrogens with zero attached hydrogens (tertiary/aromatic N) is 1. The zero-order valence-electron chi connectivity index (χ0n) is 16.4. The average molecular weight is 395 g/mol. The lowest BCUT2D eigenvalue weighted by molar-refractivity contribution is -0.120. The highest BCUT2D eigenvalue weighted by Crippen LogP contribution is 2.26. The highest BCUT2D eigenvalue weighted by molar-refractivity contribution is 5.96. The summed E-state index contributed by atoms with van der Waals surface area (Å²) in [6.07, 6.45) is 6.76. The molecule has 0 unspecified atom stereocenters. The molecule has 0 heterocycles. The van der Waals surface area contributed by atoms with Crippen LogP contribution < -0.4 is 15.5 Å². The van der Waals surface area contributed by atoms with Crippen LogP contribution in [0.15, 0.2) is 47.6 Å². The van der Waals surface area contributed by atoms with Gasteiger partial charge in [-0.05, 0) is 60.9 Å². The number of phenols is 1. The number of phenolic OH excluding ortho intramolecular Hbond substituents is 1. The van der Waals surface area contributed by atoms with E-state index in [4.69, 9.17) is 4.74 Å². The molecule has 152 valence electrons. The molecular formula is C22H25N3O4. The number of aromatic hydroxyl groups is 1. The first kappa shape index (κ1) is 20.4. The molecule has 0 radical (unpaired) electrons. The predicted octanol–water partition coefficient (Wildman–Crippen LogP) is 3.68. The number of methoxy groups -OCH3 is 1. The molecular weight excluding hydrogens is 370 g/mol. The van der Waals surface area contributed by atoms with E-state index in [1.165, 1.54) is 25.8 Å². The van der Waals surface area contributed by atoms with Crippen molar-refractivity contribution in [1.82, 2.24) is 5.43 Å². The Hall–Kier alpha value is -3.35. The molecule has 1 aliphatic carbocycles. The van der Waals surface area contributed by atoms with Gasteiger partial charge in [0.05, 0.1) is 13.3 Å². The summed E-state index contributed by atoms with van der Waals surface area (Å²) in [4.78, 5) is 24.5. The highest BCUT2D eigenvalue weighted by Gasteiger charge is 2.21. The smallest absolute Gasteiger partial charge is 0.271 e. The van der Waals surface area contributed by atoms with Gasteiger partial charge in [0.25, 0.3) is 5.91 Å². The summed E-state index contributed by atoms with van der Waals surface area (Å²) in [7, 11) is 1.46. The molecule has 0 bridgehead atoms. The zero-order valence-corrected chi connectivity index (χ0v) is 16.4. The molecule has 7 nitrogen and oxygen atoms in total. The van der Waals surface area contributed by atoms with E-state index in [2.05, 4.69) is 15.8 Å². The number of ether oxygens (including phenoxy) is 1.